The molecule has 5 nitrogen and oxygen atoms in total. The molecule has 0 radical (unpaired) electrons. The Balaban J connectivity index is 2.08. The summed E-state index contributed by atoms with van der Waals surface area (Å²) in [6.45, 7) is 4.24. The number of benzene rings is 1. The first-order valence-corrected chi connectivity index (χ1v) is 7.50. The van der Waals surface area contributed by atoms with Crippen molar-refractivity contribution in [3.05, 3.63) is 23.8 Å². The molecular formula is C16H24N2O3. The third-order valence-corrected chi connectivity index (χ3v) is 3.68. The van der Waals surface area contributed by atoms with E-state index in [1.165, 1.54) is 0 Å². The molecule has 1 atom stereocenters. The van der Waals surface area contributed by atoms with Crippen LogP contribution in [0.2, 0.25) is 0 Å². The number of hydrogen-bond donors (Lipinski definition) is 1. The first kappa shape index (κ1) is 15.6. The molecule has 2 N–H and O–H groups in total. The van der Waals surface area contributed by atoms with Gasteiger partial charge in [0.25, 0.3) is 5.91 Å². The zero-order valence-electron chi connectivity index (χ0n) is 12.8. The molecule has 1 amide bonds. The maximum absolute atomic E-state index is 12.7. The SMILES string of the molecule is CCCOC1CCCN(C(=O)c2ccc(N)cc2OC)C1. The number of carbonyl (C=O) groups excluding carboxylic acids is 1. The van der Waals surface area contributed by atoms with Crippen molar-refractivity contribution in [1.29, 1.82) is 0 Å². The molecule has 116 valence electrons. The number of nitrogens with zero attached hydrogens (tertiary/aromatic N) is 1. The smallest absolute Gasteiger partial charge is 0.257 e. The molecule has 1 aliphatic rings. The number of amides is 1. The summed E-state index contributed by atoms with van der Waals surface area (Å²) >= 11 is 0. The molecule has 1 aromatic carbocycles. The summed E-state index contributed by atoms with van der Waals surface area (Å²) in [5, 5.41) is 0. The Labute approximate surface area is 126 Å². The third-order valence-electron chi connectivity index (χ3n) is 3.68. The maximum atomic E-state index is 12.7. The summed E-state index contributed by atoms with van der Waals surface area (Å²) in [6, 6.07) is 5.14. The standard InChI is InChI=1S/C16H24N2O3/c1-3-9-21-13-5-4-8-18(11-13)16(19)14-7-6-12(17)10-15(14)20-2/h6-7,10,13H,3-5,8-9,11,17H2,1-2H3. The highest BCUT2D eigenvalue weighted by atomic mass is 16.5. The molecule has 0 aromatic heterocycles. The number of anilines is 1. The minimum atomic E-state index is -0.0170. The van der Waals surface area contributed by atoms with E-state index in [9.17, 15) is 4.79 Å². The van der Waals surface area contributed by atoms with Gasteiger partial charge in [-0.1, -0.05) is 6.92 Å². The highest BCUT2D eigenvalue weighted by Crippen LogP contribution is 2.25. The van der Waals surface area contributed by atoms with E-state index in [4.69, 9.17) is 15.2 Å². The van der Waals surface area contributed by atoms with Gasteiger partial charge >= 0.3 is 0 Å². The molecule has 0 bridgehead atoms. The molecule has 1 aromatic rings. The van der Waals surface area contributed by atoms with Crippen molar-refractivity contribution in [2.24, 2.45) is 0 Å². The number of methoxy groups -OCH3 is 1. The van der Waals surface area contributed by atoms with E-state index in [1.54, 1.807) is 25.3 Å². The molecule has 5 heteroatoms. The molecule has 1 unspecified atom stereocenters. The van der Waals surface area contributed by atoms with E-state index in [1.807, 2.05) is 4.90 Å². The fraction of sp³-hybridized carbons (Fsp3) is 0.562. The van der Waals surface area contributed by atoms with Crippen LogP contribution in [0.5, 0.6) is 5.75 Å². The van der Waals surface area contributed by atoms with E-state index in [0.29, 0.717) is 23.5 Å². The molecule has 0 saturated carbocycles. The predicted molar refractivity (Wildman–Crippen MR) is 82.6 cm³/mol. The Bertz CT molecular complexity index is 490. The van der Waals surface area contributed by atoms with Gasteiger partial charge in [-0.25, -0.2) is 0 Å². The monoisotopic (exact) mass is 292 g/mol. The van der Waals surface area contributed by atoms with E-state index in [0.717, 1.165) is 32.4 Å². The van der Waals surface area contributed by atoms with Gasteiger partial charge < -0.3 is 20.1 Å². The lowest BCUT2D eigenvalue weighted by molar-refractivity contribution is 0.00202. The molecule has 1 heterocycles. The third kappa shape index (κ3) is 3.88. The summed E-state index contributed by atoms with van der Waals surface area (Å²) in [6.07, 6.45) is 3.12. The summed E-state index contributed by atoms with van der Waals surface area (Å²) in [5.41, 5.74) is 6.88. The Kier molecular flexibility index (Phi) is 5.44. The van der Waals surface area contributed by atoms with Gasteiger partial charge in [-0.15, -0.1) is 0 Å². The molecule has 0 aliphatic carbocycles. The molecule has 21 heavy (non-hydrogen) atoms. The predicted octanol–water partition coefficient (Wildman–Crippen LogP) is 2.31. The van der Waals surface area contributed by atoms with Crippen LogP contribution in [-0.2, 0) is 4.74 Å². The minimum Gasteiger partial charge on any atom is -0.496 e. The van der Waals surface area contributed by atoms with Crippen LogP contribution in [-0.4, -0.2) is 43.7 Å². The summed E-state index contributed by atoms with van der Waals surface area (Å²) in [5.74, 6) is 0.508. The van der Waals surface area contributed by atoms with Crippen molar-refractivity contribution in [2.45, 2.75) is 32.3 Å². The number of carbonyl (C=O) groups is 1. The molecule has 1 fully saturated rings. The Morgan fingerprint density at radius 2 is 2.29 bits per heavy atom. The lowest BCUT2D eigenvalue weighted by Crippen LogP contribution is -2.43. The number of nitrogens with two attached hydrogens (primary N) is 1. The minimum absolute atomic E-state index is 0.0170. The molecule has 2 rings (SSSR count). The zero-order valence-corrected chi connectivity index (χ0v) is 12.8. The van der Waals surface area contributed by atoms with Gasteiger partial charge in [0, 0.05) is 31.5 Å². The fourth-order valence-electron chi connectivity index (χ4n) is 2.60. The number of piperidine rings is 1. The average molecular weight is 292 g/mol. The number of likely N-dealkylation sites (tertiary alicyclic amines) is 1. The van der Waals surface area contributed by atoms with Crippen molar-refractivity contribution < 1.29 is 14.3 Å². The molecule has 1 aliphatic heterocycles. The van der Waals surface area contributed by atoms with Crippen LogP contribution in [0.4, 0.5) is 5.69 Å². The van der Waals surface area contributed by atoms with Crippen LogP contribution in [0.25, 0.3) is 0 Å². The quantitative estimate of drug-likeness (QED) is 0.846. The van der Waals surface area contributed by atoms with Crippen LogP contribution >= 0.6 is 0 Å². The van der Waals surface area contributed by atoms with E-state index >= 15 is 0 Å². The van der Waals surface area contributed by atoms with Crippen molar-refractivity contribution >= 4 is 11.6 Å². The van der Waals surface area contributed by atoms with Crippen molar-refractivity contribution in [2.75, 3.05) is 32.5 Å². The lowest BCUT2D eigenvalue weighted by atomic mass is 10.1. The van der Waals surface area contributed by atoms with Crippen LogP contribution in [0.3, 0.4) is 0 Å². The second-order valence-electron chi connectivity index (χ2n) is 5.35. The second-order valence-corrected chi connectivity index (χ2v) is 5.35. The van der Waals surface area contributed by atoms with Gasteiger partial charge in [-0.3, -0.25) is 4.79 Å². The van der Waals surface area contributed by atoms with Crippen LogP contribution in [0, 0.1) is 0 Å². The topological polar surface area (TPSA) is 64.8 Å². The normalized spacial score (nSPS) is 18.6. The first-order valence-electron chi connectivity index (χ1n) is 7.50. The van der Waals surface area contributed by atoms with Crippen LogP contribution < -0.4 is 10.5 Å². The largest absolute Gasteiger partial charge is 0.496 e. The average Bonchev–Trinajstić information content (AvgIpc) is 2.52. The van der Waals surface area contributed by atoms with Gasteiger partial charge in [0.05, 0.1) is 18.8 Å². The zero-order chi connectivity index (χ0) is 15.2. The number of rotatable bonds is 5. The van der Waals surface area contributed by atoms with Crippen LogP contribution in [0.15, 0.2) is 18.2 Å². The highest BCUT2D eigenvalue weighted by molar-refractivity contribution is 5.97. The Morgan fingerprint density at radius 1 is 1.48 bits per heavy atom. The van der Waals surface area contributed by atoms with Gasteiger partial charge in [0.15, 0.2) is 0 Å². The number of nitrogen functional groups attached to an aromatic ring is 1. The molecule has 0 spiro atoms. The number of hydrogen-bond acceptors (Lipinski definition) is 4. The highest BCUT2D eigenvalue weighted by Gasteiger charge is 2.26. The van der Waals surface area contributed by atoms with Crippen LogP contribution in [0.1, 0.15) is 36.5 Å². The molecular weight excluding hydrogens is 268 g/mol. The summed E-state index contributed by atoms with van der Waals surface area (Å²) in [7, 11) is 1.55. The molecule has 1 saturated heterocycles. The van der Waals surface area contributed by atoms with Gasteiger partial charge in [-0.2, -0.15) is 0 Å². The summed E-state index contributed by atoms with van der Waals surface area (Å²) in [4.78, 5) is 14.5. The summed E-state index contributed by atoms with van der Waals surface area (Å²) < 4.78 is 11.1. The second kappa shape index (κ2) is 7.31. The van der Waals surface area contributed by atoms with Gasteiger partial charge in [0.1, 0.15) is 5.75 Å². The maximum Gasteiger partial charge on any atom is 0.257 e. The van der Waals surface area contributed by atoms with Crippen molar-refractivity contribution in [3.63, 3.8) is 0 Å². The first-order chi connectivity index (χ1) is 10.2. The van der Waals surface area contributed by atoms with Crippen molar-refractivity contribution in [3.8, 4) is 5.75 Å². The van der Waals surface area contributed by atoms with Gasteiger partial charge in [0.2, 0.25) is 0 Å². The van der Waals surface area contributed by atoms with Gasteiger partial charge in [-0.05, 0) is 31.4 Å². The Hall–Kier alpha value is -1.75. The van der Waals surface area contributed by atoms with E-state index in [-0.39, 0.29) is 12.0 Å². The fourth-order valence-corrected chi connectivity index (χ4v) is 2.60. The van der Waals surface area contributed by atoms with E-state index in [2.05, 4.69) is 6.92 Å². The number of ether oxygens (including phenoxy) is 2. The lowest BCUT2D eigenvalue weighted by Gasteiger charge is -2.33. The van der Waals surface area contributed by atoms with Crippen molar-refractivity contribution in [1.82, 2.24) is 4.90 Å². The van der Waals surface area contributed by atoms with E-state index < -0.39 is 0 Å². The Morgan fingerprint density at radius 3 is 3.00 bits per heavy atom.